The maximum atomic E-state index is 13.9. The van der Waals surface area contributed by atoms with Gasteiger partial charge in [-0.2, -0.15) is 0 Å². The van der Waals surface area contributed by atoms with Crippen LogP contribution in [0.2, 0.25) is 0 Å². The van der Waals surface area contributed by atoms with Crippen molar-refractivity contribution in [1.29, 1.82) is 0 Å². The molecule has 0 atom stereocenters. The van der Waals surface area contributed by atoms with Crippen LogP contribution in [-0.4, -0.2) is 13.6 Å². The van der Waals surface area contributed by atoms with E-state index in [1.807, 2.05) is 7.05 Å². The van der Waals surface area contributed by atoms with Crippen LogP contribution in [0.4, 0.5) is 8.78 Å². The highest BCUT2D eigenvalue weighted by molar-refractivity contribution is 5.26. The summed E-state index contributed by atoms with van der Waals surface area (Å²) in [7, 11) is 1.99. The molecule has 1 N–H and O–H groups in total. The molecule has 3 heteroatoms. The maximum Gasteiger partial charge on any atom is 0.129 e. The fraction of sp³-hybridized carbons (Fsp3) is 0.667. The van der Waals surface area contributed by atoms with Gasteiger partial charge < -0.3 is 5.32 Å². The lowest BCUT2D eigenvalue weighted by atomic mass is 9.68. The van der Waals surface area contributed by atoms with Gasteiger partial charge in [-0.1, -0.05) is 25.3 Å². The zero-order chi connectivity index (χ0) is 15.3. The average molecular weight is 295 g/mol. The van der Waals surface area contributed by atoms with Gasteiger partial charge in [0, 0.05) is 6.07 Å². The van der Waals surface area contributed by atoms with Gasteiger partial charge in [-0.25, -0.2) is 8.78 Å². The fourth-order valence-corrected chi connectivity index (χ4v) is 3.63. The van der Waals surface area contributed by atoms with Gasteiger partial charge in [0.2, 0.25) is 0 Å². The van der Waals surface area contributed by atoms with E-state index in [4.69, 9.17) is 0 Å². The maximum absolute atomic E-state index is 13.9. The van der Waals surface area contributed by atoms with Gasteiger partial charge in [0.15, 0.2) is 0 Å². The molecule has 21 heavy (non-hydrogen) atoms. The molecule has 0 unspecified atom stereocenters. The lowest BCUT2D eigenvalue weighted by Crippen LogP contribution is -2.29. The fourth-order valence-electron chi connectivity index (χ4n) is 3.63. The van der Waals surface area contributed by atoms with E-state index in [9.17, 15) is 8.78 Å². The van der Waals surface area contributed by atoms with Crippen molar-refractivity contribution in [2.75, 3.05) is 13.6 Å². The molecule has 0 bridgehead atoms. The minimum absolute atomic E-state index is 0.343. The predicted octanol–water partition coefficient (Wildman–Crippen LogP) is 4.77. The van der Waals surface area contributed by atoms with Crippen molar-refractivity contribution >= 4 is 0 Å². The molecule has 1 aliphatic rings. The van der Waals surface area contributed by atoms with Crippen LogP contribution in [0, 0.1) is 24.0 Å². The first-order chi connectivity index (χ1) is 10.1. The lowest BCUT2D eigenvalue weighted by molar-refractivity contribution is 0.157. The highest BCUT2D eigenvalue weighted by atomic mass is 19.1. The highest BCUT2D eigenvalue weighted by Crippen LogP contribution is 2.43. The van der Waals surface area contributed by atoms with E-state index in [-0.39, 0.29) is 0 Å². The second-order valence-corrected chi connectivity index (χ2v) is 6.61. The van der Waals surface area contributed by atoms with E-state index in [0.717, 1.165) is 31.9 Å². The molecule has 0 spiro atoms. The van der Waals surface area contributed by atoms with Crippen LogP contribution in [-0.2, 0) is 6.42 Å². The first kappa shape index (κ1) is 16.4. The van der Waals surface area contributed by atoms with E-state index in [1.165, 1.54) is 32.1 Å². The Morgan fingerprint density at radius 2 is 1.76 bits per heavy atom. The van der Waals surface area contributed by atoms with E-state index < -0.39 is 11.6 Å². The minimum Gasteiger partial charge on any atom is -0.320 e. The third-order valence-corrected chi connectivity index (χ3v) is 5.07. The van der Waals surface area contributed by atoms with E-state index in [1.54, 1.807) is 13.0 Å². The monoisotopic (exact) mass is 295 g/mol. The summed E-state index contributed by atoms with van der Waals surface area (Å²) < 4.78 is 27.3. The van der Waals surface area contributed by atoms with Crippen LogP contribution in [0.5, 0.6) is 0 Å². The first-order valence-corrected chi connectivity index (χ1v) is 8.15. The van der Waals surface area contributed by atoms with Crippen molar-refractivity contribution in [3.05, 3.63) is 34.9 Å². The number of aryl methyl sites for hydroxylation is 2. The van der Waals surface area contributed by atoms with Crippen LogP contribution >= 0.6 is 0 Å². The number of hydrogen-bond acceptors (Lipinski definition) is 1. The molecular formula is C18H27F2N. The number of hydrogen-bond donors (Lipinski definition) is 1. The number of benzene rings is 1. The third kappa shape index (κ3) is 4.26. The van der Waals surface area contributed by atoms with E-state index >= 15 is 0 Å². The summed E-state index contributed by atoms with van der Waals surface area (Å²) in [5.74, 6) is -0.837. The Morgan fingerprint density at radius 3 is 2.43 bits per heavy atom. The minimum atomic E-state index is -0.446. The summed E-state index contributed by atoms with van der Waals surface area (Å²) in [4.78, 5) is 0. The summed E-state index contributed by atoms with van der Waals surface area (Å²) in [6.07, 6.45) is 9.28. The topological polar surface area (TPSA) is 12.0 Å². The van der Waals surface area contributed by atoms with Gasteiger partial charge in [-0.05, 0) is 69.2 Å². The largest absolute Gasteiger partial charge is 0.320 e. The second kappa shape index (κ2) is 7.35. The molecular weight excluding hydrogens is 268 g/mol. The van der Waals surface area contributed by atoms with Gasteiger partial charge in [0.1, 0.15) is 11.6 Å². The van der Waals surface area contributed by atoms with Crippen molar-refractivity contribution in [2.45, 2.75) is 58.3 Å². The highest BCUT2D eigenvalue weighted by Gasteiger charge is 2.31. The molecule has 0 radical (unpaired) electrons. The molecule has 1 aliphatic carbocycles. The normalized spacial score (nSPS) is 17.9. The Kier molecular flexibility index (Phi) is 5.74. The SMILES string of the molecule is CNCCC1(CCc2cc(C)c(F)cc2F)CCCCC1. The standard InChI is InChI=1S/C18H27F2N/c1-14-12-15(17(20)13-16(14)19)6-9-18(10-11-21-2)7-4-3-5-8-18/h12-13,21H,3-11H2,1-2H3. The van der Waals surface area contributed by atoms with E-state index in [2.05, 4.69) is 5.32 Å². The molecule has 2 rings (SSSR count). The Morgan fingerprint density at radius 1 is 1.05 bits per heavy atom. The Hall–Kier alpha value is -0.960. The summed E-state index contributed by atoms with van der Waals surface area (Å²) in [5.41, 5.74) is 1.55. The Bertz CT molecular complexity index is 465. The molecule has 0 saturated heterocycles. The molecule has 1 aromatic carbocycles. The summed E-state index contributed by atoms with van der Waals surface area (Å²) in [6.45, 7) is 2.72. The van der Waals surface area contributed by atoms with Gasteiger partial charge in [-0.15, -0.1) is 0 Å². The number of rotatable bonds is 6. The van der Waals surface area contributed by atoms with Gasteiger partial charge >= 0.3 is 0 Å². The summed E-state index contributed by atoms with van der Waals surface area (Å²) >= 11 is 0. The smallest absolute Gasteiger partial charge is 0.129 e. The Balaban J connectivity index is 2.06. The zero-order valence-electron chi connectivity index (χ0n) is 13.3. The molecule has 118 valence electrons. The van der Waals surface area contributed by atoms with Crippen LogP contribution < -0.4 is 5.32 Å². The number of nitrogens with one attached hydrogen (secondary N) is 1. The lowest BCUT2D eigenvalue weighted by Gasteiger charge is -2.38. The van der Waals surface area contributed by atoms with Crippen molar-refractivity contribution in [3.8, 4) is 0 Å². The predicted molar refractivity (Wildman–Crippen MR) is 83.5 cm³/mol. The number of halogens is 2. The van der Waals surface area contributed by atoms with Crippen molar-refractivity contribution in [1.82, 2.24) is 5.32 Å². The molecule has 0 heterocycles. The van der Waals surface area contributed by atoms with Crippen LogP contribution in [0.1, 0.15) is 56.1 Å². The quantitative estimate of drug-likeness (QED) is 0.797. The second-order valence-electron chi connectivity index (χ2n) is 6.61. The third-order valence-electron chi connectivity index (χ3n) is 5.07. The van der Waals surface area contributed by atoms with Gasteiger partial charge in [0.25, 0.3) is 0 Å². The molecule has 0 aromatic heterocycles. The first-order valence-electron chi connectivity index (χ1n) is 8.15. The van der Waals surface area contributed by atoms with Gasteiger partial charge in [0.05, 0.1) is 0 Å². The molecule has 1 nitrogen and oxygen atoms in total. The van der Waals surface area contributed by atoms with Crippen molar-refractivity contribution in [3.63, 3.8) is 0 Å². The summed E-state index contributed by atoms with van der Waals surface area (Å²) in [5, 5.41) is 3.24. The van der Waals surface area contributed by atoms with Crippen LogP contribution in [0.3, 0.4) is 0 Å². The average Bonchev–Trinajstić information content (AvgIpc) is 2.49. The van der Waals surface area contributed by atoms with Crippen LogP contribution in [0.15, 0.2) is 12.1 Å². The molecule has 1 aromatic rings. The molecule has 0 amide bonds. The van der Waals surface area contributed by atoms with Gasteiger partial charge in [-0.3, -0.25) is 0 Å². The van der Waals surface area contributed by atoms with Crippen molar-refractivity contribution < 1.29 is 8.78 Å². The Labute approximate surface area is 127 Å². The molecule has 0 aliphatic heterocycles. The van der Waals surface area contributed by atoms with Crippen molar-refractivity contribution in [2.24, 2.45) is 5.41 Å². The van der Waals surface area contributed by atoms with E-state index in [0.29, 0.717) is 16.5 Å². The van der Waals surface area contributed by atoms with Crippen LogP contribution in [0.25, 0.3) is 0 Å². The zero-order valence-corrected chi connectivity index (χ0v) is 13.3. The molecule has 1 fully saturated rings. The summed E-state index contributed by atoms with van der Waals surface area (Å²) in [6, 6.07) is 2.71. The molecule has 1 saturated carbocycles.